The molecule has 1 aliphatic rings. The normalized spacial score (nSPS) is 20.3. The molecule has 1 heterocycles. The molecule has 0 aliphatic carbocycles. The molecule has 5 nitrogen and oxygen atoms in total. The van der Waals surface area contributed by atoms with E-state index in [-0.39, 0.29) is 11.9 Å². The number of nitrogens with zero attached hydrogens (tertiary/aromatic N) is 1. The Hall–Kier alpha value is -1.14. The first-order valence-electron chi connectivity index (χ1n) is 7.10. The van der Waals surface area contributed by atoms with Crippen molar-refractivity contribution in [2.45, 2.75) is 12.1 Å². The molecular weight excluding hydrogens is 290 g/mol. The number of carbonyl (C=O) groups excluding carboxylic acids is 1. The van der Waals surface area contributed by atoms with Crippen molar-refractivity contribution in [1.82, 2.24) is 15.5 Å². The Morgan fingerprint density at radius 3 is 2.90 bits per heavy atom. The summed E-state index contributed by atoms with van der Waals surface area (Å²) in [6, 6.07) is 7.73. The molecular formula is C15H22ClN3O2. The van der Waals surface area contributed by atoms with Crippen molar-refractivity contribution in [3.63, 3.8) is 0 Å². The molecule has 0 spiro atoms. The van der Waals surface area contributed by atoms with Gasteiger partial charge in [0.2, 0.25) is 0 Å². The van der Waals surface area contributed by atoms with Crippen LogP contribution in [0.15, 0.2) is 24.3 Å². The van der Waals surface area contributed by atoms with E-state index < -0.39 is 6.10 Å². The number of carbonyl (C=O) groups is 1. The zero-order valence-corrected chi connectivity index (χ0v) is 13.2. The van der Waals surface area contributed by atoms with Gasteiger partial charge in [-0.05, 0) is 25.7 Å². The van der Waals surface area contributed by atoms with Crippen molar-refractivity contribution in [2.75, 3.05) is 40.3 Å². The highest BCUT2D eigenvalue weighted by Crippen LogP contribution is 2.25. The second-order valence-corrected chi connectivity index (χ2v) is 5.72. The summed E-state index contributed by atoms with van der Waals surface area (Å²) in [5.41, 5.74) is 1.01. The van der Waals surface area contributed by atoms with Crippen molar-refractivity contribution >= 4 is 17.5 Å². The topological polar surface area (TPSA) is 53.6 Å². The molecule has 2 atom stereocenters. The lowest BCUT2D eigenvalue weighted by Crippen LogP contribution is -2.49. The van der Waals surface area contributed by atoms with Gasteiger partial charge in [0.1, 0.15) is 6.10 Å². The fraction of sp³-hybridized carbons (Fsp3) is 0.533. The highest BCUT2D eigenvalue weighted by atomic mass is 35.5. The largest absolute Gasteiger partial charge is 0.366 e. The van der Waals surface area contributed by atoms with E-state index in [4.69, 9.17) is 16.3 Å². The van der Waals surface area contributed by atoms with Crippen LogP contribution in [-0.2, 0) is 9.53 Å². The van der Waals surface area contributed by atoms with Gasteiger partial charge in [-0.25, -0.2) is 0 Å². The number of halogens is 1. The van der Waals surface area contributed by atoms with Crippen LogP contribution >= 0.6 is 11.6 Å². The number of morpholine rings is 1. The number of rotatable bonds is 5. The molecule has 2 rings (SSSR count). The Morgan fingerprint density at radius 2 is 2.29 bits per heavy atom. The third-order valence-electron chi connectivity index (χ3n) is 3.58. The first kappa shape index (κ1) is 16.2. The monoisotopic (exact) mass is 311 g/mol. The van der Waals surface area contributed by atoms with Gasteiger partial charge in [0.15, 0.2) is 0 Å². The number of ether oxygens (including phenoxy) is 1. The van der Waals surface area contributed by atoms with Gasteiger partial charge in [-0.2, -0.15) is 0 Å². The average molecular weight is 312 g/mol. The number of benzene rings is 1. The minimum atomic E-state index is -0.409. The summed E-state index contributed by atoms with van der Waals surface area (Å²) in [5, 5.41) is 6.81. The van der Waals surface area contributed by atoms with Crippen LogP contribution in [0.3, 0.4) is 0 Å². The van der Waals surface area contributed by atoms with Crippen LogP contribution < -0.4 is 10.6 Å². The molecule has 1 aliphatic heterocycles. The van der Waals surface area contributed by atoms with Crippen LogP contribution in [0.25, 0.3) is 0 Å². The van der Waals surface area contributed by atoms with E-state index in [1.54, 1.807) is 0 Å². The number of amides is 1. The van der Waals surface area contributed by atoms with Crippen molar-refractivity contribution in [3.8, 4) is 0 Å². The van der Waals surface area contributed by atoms with Gasteiger partial charge in [-0.15, -0.1) is 0 Å². The van der Waals surface area contributed by atoms with Gasteiger partial charge in [0.25, 0.3) is 5.91 Å². The lowest BCUT2D eigenvalue weighted by atomic mass is 10.1. The zero-order chi connectivity index (χ0) is 15.2. The summed E-state index contributed by atoms with van der Waals surface area (Å²) < 4.78 is 5.45. The van der Waals surface area contributed by atoms with Gasteiger partial charge in [0, 0.05) is 24.7 Å². The van der Waals surface area contributed by atoms with Crippen LogP contribution in [-0.4, -0.2) is 57.2 Å². The minimum Gasteiger partial charge on any atom is -0.366 e. The average Bonchev–Trinajstić information content (AvgIpc) is 2.49. The molecule has 1 fully saturated rings. The molecule has 116 valence electrons. The number of hydrogen-bond acceptors (Lipinski definition) is 4. The lowest BCUT2D eigenvalue weighted by molar-refractivity contribution is -0.134. The summed E-state index contributed by atoms with van der Waals surface area (Å²) in [7, 11) is 3.94. The van der Waals surface area contributed by atoms with E-state index >= 15 is 0 Å². The fourth-order valence-electron chi connectivity index (χ4n) is 2.36. The molecule has 0 bridgehead atoms. The van der Waals surface area contributed by atoms with Crippen LogP contribution in [0, 0.1) is 0 Å². The first-order chi connectivity index (χ1) is 10.1. The van der Waals surface area contributed by atoms with Crippen molar-refractivity contribution in [2.24, 2.45) is 0 Å². The summed E-state index contributed by atoms with van der Waals surface area (Å²) in [6.45, 7) is 2.42. The molecule has 2 N–H and O–H groups in total. The molecule has 1 aromatic carbocycles. The van der Waals surface area contributed by atoms with Crippen LogP contribution in [0.2, 0.25) is 5.02 Å². The maximum Gasteiger partial charge on any atom is 0.250 e. The van der Waals surface area contributed by atoms with Crippen LogP contribution in [0.4, 0.5) is 0 Å². The lowest BCUT2D eigenvalue weighted by Gasteiger charge is -2.28. The number of hydrogen-bond donors (Lipinski definition) is 2. The molecule has 0 radical (unpaired) electrons. The van der Waals surface area contributed by atoms with Gasteiger partial charge >= 0.3 is 0 Å². The standard InChI is InChI=1S/C15H22ClN3O2/c1-19(2)13(11-5-3-4-6-12(11)16)9-18-15(20)14-10-17-7-8-21-14/h3-6,13-14,17H,7-10H2,1-2H3,(H,18,20). The van der Waals surface area contributed by atoms with E-state index in [0.29, 0.717) is 24.7 Å². The van der Waals surface area contributed by atoms with E-state index in [0.717, 1.165) is 12.1 Å². The third kappa shape index (κ3) is 4.41. The predicted octanol–water partition coefficient (Wildman–Crippen LogP) is 1.05. The molecule has 1 saturated heterocycles. The van der Waals surface area contributed by atoms with E-state index in [2.05, 4.69) is 10.6 Å². The molecule has 0 saturated carbocycles. The molecule has 21 heavy (non-hydrogen) atoms. The quantitative estimate of drug-likeness (QED) is 0.853. The van der Waals surface area contributed by atoms with Crippen molar-refractivity contribution < 1.29 is 9.53 Å². The van der Waals surface area contributed by atoms with E-state index in [1.807, 2.05) is 43.3 Å². The zero-order valence-electron chi connectivity index (χ0n) is 12.4. The van der Waals surface area contributed by atoms with Crippen LogP contribution in [0.1, 0.15) is 11.6 Å². The molecule has 6 heteroatoms. The Balaban J connectivity index is 1.97. The number of likely N-dealkylation sites (N-methyl/N-ethyl adjacent to an activating group) is 1. The molecule has 1 aromatic rings. The Morgan fingerprint density at radius 1 is 1.52 bits per heavy atom. The second kappa shape index (κ2) is 7.75. The summed E-state index contributed by atoms with van der Waals surface area (Å²) in [4.78, 5) is 14.2. The molecule has 1 amide bonds. The SMILES string of the molecule is CN(C)C(CNC(=O)C1CNCCO1)c1ccccc1Cl. The molecule has 2 unspecified atom stereocenters. The highest BCUT2D eigenvalue weighted by molar-refractivity contribution is 6.31. The number of nitrogens with one attached hydrogen (secondary N) is 2. The summed E-state index contributed by atoms with van der Waals surface area (Å²) in [5.74, 6) is -0.0823. The summed E-state index contributed by atoms with van der Waals surface area (Å²) >= 11 is 6.25. The van der Waals surface area contributed by atoms with Gasteiger partial charge in [0.05, 0.1) is 12.6 Å². The Labute approximate surface area is 130 Å². The van der Waals surface area contributed by atoms with Crippen molar-refractivity contribution in [1.29, 1.82) is 0 Å². The van der Waals surface area contributed by atoms with E-state index in [1.165, 1.54) is 0 Å². The van der Waals surface area contributed by atoms with Crippen LogP contribution in [0.5, 0.6) is 0 Å². The minimum absolute atomic E-state index is 0.0270. The fourth-order valence-corrected chi connectivity index (χ4v) is 2.62. The Bertz CT molecular complexity index is 476. The van der Waals surface area contributed by atoms with Gasteiger partial charge in [-0.1, -0.05) is 29.8 Å². The van der Waals surface area contributed by atoms with Crippen molar-refractivity contribution in [3.05, 3.63) is 34.9 Å². The van der Waals surface area contributed by atoms with Gasteiger partial charge in [-0.3, -0.25) is 4.79 Å². The smallest absolute Gasteiger partial charge is 0.250 e. The molecule has 0 aromatic heterocycles. The van der Waals surface area contributed by atoms with Gasteiger partial charge < -0.3 is 20.3 Å². The highest BCUT2D eigenvalue weighted by Gasteiger charge is 2.24. The maximum atomic E-state index is 12.1. The van der Waals surface area contributed by atoms with E-state index in [9.17, 15) is 4.79 Å². The summed E-state index contributed by atoms with van der Waals surface area (Å²) in [6.07, 6.45) is -0.409. The predicted molar refractivity (Wildman–Crippen MR) is 83.5 cm³/mol. The third-order valence-corrected chi connectivity index (χ3v) is 3.92. The Kier molecular flexibility index (Phi) is 5.99. The first-order valence-corrected chi connectivity index (χ1v) is 7.48. The second-order valence-electron chi connectivity index (χ2n) is 5.31. The maximum absolute atomic E-state index is 12.1.